The number of amides is 1. The summed E-state index contributed by atoms with van der Waals surface area (Å²) < 4.78 is 13.7. The molecule has 2 N–H and O–H groups in total. The van der Waals surface area contributed by atoms with Crippen molar-refractivity contribution in [1.29, 1.82) is 0 Å². The van der Waals surface area contributed by atoms with Crippen LogP contribution in [0, 0.1) is 19.7 Å². The first-order valence-corrected chi connectivity index (χ1v) is 8.84. The third-order valence-electron chi connectivity index (χ3n) is 4.53. The Morgan fingerprint density at radius 2 is 1.89 bits per heavy atom. The number of pyridine rings is 1. The largest absolute Gasteiger partial charge is 0.383 e. The number of carbonyl (C=O) groups is 1. The Morgan fingerprint density at radius 1 is 1.07 bits per heavy atom. The molecule has 0 aliphatic heterocycles. The number of benzene rings is 2. The van der Waals surface area contributed by atoms with E-state index in [1.165, 1.54) is 12.3 Å². The maximum atomic E-state index is 13.7. The van der Waals surface area contributed by atoms with Gasteiger partial charge in [0.1, 0.15) is 5.82 Å². The van der Waals surface area contributed by atoms with Crippen molar-refractivity contribution in [3.8, 4) is 0 Å². The van der Waals surface area contributed by atoms with Gasteiger partial charge in [0.15, 0.2) is 0 Å². The van der Waals surface area contributed by atoms with E-state index in [4.69, 9.17) is 0 Å². The van der Waals surface area contributed by atoms with E-state index < -0.39 is 0 Å². The van der Waals surface area contributed by atoms with E-state index in [2.05, 4.69) is 15.6 Å². The van der Waals surface area contributed by atoms with E-state index in [1.807, 2.05) is 38.1 Å². The Hall–Kier alpha value is -3.21. The summed E-state index contributed by atoms with van der Waals surface area (Å²) >= 11 is 0. The maximum absolute atomic E-state index is 13.7. The summed E-state index contributed by atoms with van der Waals surface area (Å²) in [5.74, 6) is -0.423. The Kier molecular flexibility index (Phi) is 5.81. The van der Waals surface area contributed by atoms with Crippen LogP contribution in [0.15, 0.2) is 60.9 Å². The SMILES string of the molecule is Cc1cccc(NC(=O)c2cncc(NCCc3ccccc3F)c2)c1C. The third-order valence-corrected chi connectivity index (χ3v) is 4.53. The second-order valence-corrected chi connectivity index (χ2v) is 6.43. The molecule has 3 rings (SSSR count). The predicted octanol–water partition coefficient (Wildman–Crippen LogP) is 4.74. The van der Waals surface area contributed by atoms with Gasteiger partial charge in [-0.3, -0.25) is 9.78 Å². The fourth-order valence-electron chi connectivity index (χ4n) is 2.78. The fraction of sp³-hybridized carbons (Fsp3) is 0.182. The topological polar surface area (TPSA) is 54.0 Å². The monoisotopic (exact) mass is 363 g/mol. The van der Waals surface area contributed by atoms with Gasteiger partial charge >= 0.3 is 0 Å². The van der Waals surface area contributed by atoms with Crippen molar-refractivity contribution in [3.05, 3.63) is 89.0 Å². The van der Waals surface area contributed by atoms with E-state index in [9.17, 15) is 9.18 Å². The van der Waals surface area contributed by atoms with Gasteiger partial charge in [0.25, 0.3) is 5.91 Å². The summed E-state index contributed by atoms with van der Waals surface area (Å²) in [4.78, 5) is 16.7. The first kappa shape index (κ1) is 18.6. The van der Waals surface area contributed by atoms with E-state index in [-0.39, 0.29) is 11.7 Å². The lowest BCUT2D eigenvalue weighted by atomic mass is 10.1. The number of anilines is 2. The Bertz CT molecular complexity index is 956. The van der Waals surface area contributed by atoms with Gasteiger partial charge in [0.05, 0.1) is 11.3 Å². The van der Waals surface area contributed by atoms with Gasteiger partial charge in [0.2, 0.25) is 0 Å². The zero-order chi connectivity index (χ0) is 19.2. The number of nitrogens with zero attached hydrogens (tertiary/aromatic N) is 1. The molecule has 4 nitrogen and oxygen atoms in total. The second kappa shape index (κ2) is 8.45. The van der Waals surface area contributed by atoms with Crippen LogP contribution in [0.5, 0.6) is 0 Å². The molecule has 3 aromatic rings. The zero-order valence-corrected chi connectivity index (χ0v) is 15.4. The Morgan fingerprint density at radius 3 is 2.70 bits per heavy atom. The molecule has 2 aromatic carbocycles. The van der Waals surface area contributed by atoms with Crippen molar-refractivity contribution in [3.63, 3.8) is 0 Å². The van der Waals surface area contributed by atoms with E-state index in [0.29, 0.717) is 24.1 Å². The average molecular weight is 363 g/mol. The third kappa shape index (κ3) is 4.70. The molecule has 0 bridgehead atoms. The first-order valence-electron chi connectivity index (χ1n) is 8.84. The highest BCUT2D eigenvalue weighted by Crippen LogP contribution is 2.19. The van der Waals surface area contributed by atoms with Crippen molar-refractivity contribution in [2.75, 3.05) is 17.2 Å². The molecule has 1 heterocycles. The quantitative estimate of drug-likeness (QED) is 0.665. The molecule has 0 aliphatic rings. The molecule has 27 heavy (non-hydrogen) atoms. The molecular weight excluding hydrogens is 341 g/mol. The molecule has 0 fully saturated rings. The van der Waals surface area contributed by atoms with Crippen LogP contribution in [0.25, 0.3) is 0 Å². The fourth-order valence-corrected chi connectivity index (χ4v) is 2.78. The number of aromatic nitrogens is 1. The molecule has 0 unspecified atom stereocenters. The number of aryl methyl sites for hydroxylation is 1. The highest BCUT2D eigenvalue weighted by molar-refractivity contribution is 6.05. The maximum Gasteiger partial charge on any atom is 0.257 e. The summed E-state index contributed by atoms with van der Waals surface area (Å²) in [5, 5.41) is 6.12. The van der Waals surface area contributed by atoms with Crippen LogP contribution in [0.1, 0.15) is 27.0 Å². The minimum atomic E-state index is -0.214. The highest BCUT2D eigenvalue weighted by Gasteiger charge is 2.10. The summed E-state index contributed by atoms with van der Waals surface area (Å²) in [7, 11) is 0. The van der Waals surface area contributed by atoms with Crippen molar-refractivity contribution >= 4 is 17.3 Å². The van der Waals surface area contributed by atoms with Gasteiger partial charge in [-0.05, 0) is 55.2 Å². The van der Waals surface area contributed by atoms with E-state index in [0.717, 1.165) is 22.5 Å². The lowest BCUT2D eigenvalue weighted by molar-refractivity contribution is 0.102. The van der Waals surface area contributed by atoms with Gasteiger partial charge in [-0.1, -0.05) is 30.3 Å². The number of nitrogens with one attached hydrogen (secondary N) is 2. The van der Waals surface area contributed by atoms with Crippen LogP contribution in [-0.2, 0) is 6.42 Å². The van der Waals surface area contributed by atoms with Crippen molar-refractivity contribution in [2.45, 2.75) is 20.3 Å². The van der Waals surface area contributed by atoms with Gasteiger partial charge < -0.3 is 10.6 Å². The van der Waals surface area contributed by atoms with E-state index in [1.54, 1.807) is 24.4 Å². The standard InChI is InChI=1S/C22H22FN3O/c1-15-6-5-9-21(16(15)2)26-22(27)18-12-19(14-24-13-18)25-11-10-17-7-3-4-8-20(17)23/h3-9,12-14,25H,10-11H2,1-2H3,(H,26,27). The number of hydrogen-bond acceptors (Lipinski definition) is 3. The molecule has 1 amide bonds. The second-order valence-electron chi connectivity index (χ2n) is 6.43. The molecule has 0 atom stereocenters. The van der Waals surface area contributed by atoms with Crippen LogP contribution >= 0.6 is 0 Å². The molecular formula is C22H22FN3O. The molecule has 0 saturated heterocycles. The highest BCUT2D eigenvalue weighted by atomic mass is 19.1. The van der Waals surface area contributed by atoms with Gasteiger partial charge in [0, 0.05) is 24.6 Å². The predicted molar refractivity (Wildman–Crippen MR) is 107 cm³/mol. The van der Waals surface area contributed by atoms with Gasteiger partial charge in [-0.2, -0.15) is 0 Å². The molecule has 5 heteroatoms. The van der Waals surface area contributed by atoms with Crippen LogP contribution in [0.2, 0.25) is 0 Å². The van der Waals surface area contributed by atoms with Crippen LogP contribution in [-0.4, -0.2) is 17.4 Å². The zero-order valence-electron chi connectivity index (χ0n) is 15.4. The Balaban J connectivity index is 1.63. The smallest absolute Gasteiger partial charge is 0.257 e. The number of carbonyl (C=O) groups excluding carboxylic acids is 1. The first-order chi connectivity index (χ1) is 13.0. The molecule has 138 valence electrons. The summed E-state index contributed by atoms with van der Waals surface area (Å²) in [6, 6.07) is 14.3. The Labute approximate surface area is 158 Å². The van der Waals surface area contributed by atoms with Crippen molar-refractivity contribution < 1.29 is 9.18 Å². The van der Waals surface area contributed by atoms with Crippen molar-refractivity contribution in [1.82, 2.24) is 4.98 Å². The summed E-state index contributed by atoms with van der Waals surface area (Å²) in [6.45, 7) is 4.53. The minimum absolute atomic E-state index is 0.209. The van der Waals surface area contributed by atoms with Gasteiger partial charge in [-0.25, -0.2) is 4.39 Å². The van der Waals surface area contributed by atoms with Crippen LogP contribution in [0.4, 0.5) is 15.8 Å². The molecule has 0 radical (unpaired) electrons. The van der Waals surface area contributed by atoms with Crippen LogP contribution in [0.3, 0.4) is 0 Å². The number of rotatable bonds is 6. The summed E-state index contributed by atoms with van der Waals surface area (Å²) in [5.41, 5.74) is 4.79. The average Bonchev–Trinajstić information content (AvgIpc) is 2.67. The van der Waals surface area contributed by atoms with E-state index >= 15 is 0 Å². The molecule has 1 aromatic heterocycles. The number of hydrogen-bond donors (Lipinski definition) is 2. The molecule has 0 spiro atoms. The number of halogens is 1. The van der Waals surface area contributed by atoms with Crippen LogP contribution < -0.4 is 10.6 Å². The lowest BCUT2D eigenvalue weighted by Gasteiger charge is -2.11. The molecule has 0 aliphatic carbocycles. The minimum Gasteiger partial charge on any atom is -0.383 e. The van der Waals surface area contributed by atoms with Gasteiger partial charge in [-0.15, -0.1) is 0 Å². The molecule has 0 saturated carbocycles. The summed E-state index contributed by atoms with van der Waals surface area (Å²) in [6.07, 6.45) is 3.73. The van der Waals surface area contributed by atoms with Crippen molar-refractivity contribution in [2.24, 2.45) is 0 Å². The lowest BCUT2D eigenvalue weighted by Crippen LogP contribution is -2.14. The normalized spacial score (nSPS) is 10.5.